The summed E-state index contributed by atoms with van der Waals surface area (Å²) in [5.74, 6) is -0.592. The molecule has 2 atom stereocenters. The topological polar surface area (TPSA) is 84.9 Å². The Morgan fingerprint density at radius 3 is 2.72 bits per heavy atom. The summed E-state index contributed by atoms with van der Waals surface area (Å²) in [4.78, 5) is 37.9. The zero-order valence-electron chi connectivity index (χ0n) is 14.4. The SMILES string of the molecule is CNC(=O)O[C@@H]1CCCC[C@H]1N1Cc2ccc(C(=O)OC)cc2C1=O. The van der Waals surface area contributed by atoms with Crippen molar-refractivity contribution in [1.29, 1.82) is 0 Å². The molecule has 1 N–H and O–H groups in total. The summed E-state index contributed by atoms with van der Waals surface area (Å²) in [5, 5.41) is 2.46. The number of methoxy groups -OCH3 is 1. The molecule has 1 aromatic rings. The highest BCUT2D eigenvalue weighted by Gasteiger charge is 2.39. The van der Waals surface area contributed by atoms with Crippen molar-refractivity contribution in [3.63, 3.8) is 0 Å². The third kappa shape index (κ3) is 3.31. The Bertz CT molecular complexity index is 703. The van der Waals surface area contributed by atoms with Gasteiger partial charge in [-0.1, -0.05) is 12.5 Å². The summed E-state index contributed by atoms with van der Waals surface area (Å²) in [5.41, 5.74) is 1.76. The van der Waals surface area contributed by atoms with Crippen LogP contribution in [0.15, 0.2) is 18.2 Å². The molecule has 0 aromatic heterocycles. The van der Waals surface area contributed by atoms with E-state index in [1.807, 2.05) is 0 Å². The summed E-state index contributed by atoms with van der Waals surface area (Å²) in [6.45, 7) is 0.466. The smallest absolute Gasteiger partial charge is 0.407 e. The molecule has 1 fully saturated rings. The van der Waals surface area contributed by atoms with E-state index in [9.17, 15) is 14.4 Å². The number of benzene rings is 1. The Balaban J connectivity index is 1.82. The lowest BCUT2D eigenvalue weighted by molar-refractivity contribution is 0.00640. The van der Waals surface area contributed by atoms with Crippen molar-refractivity contribution in [2.45, 2.75) is 44.4 Å². The zero-order valence-corrected chi connectivity index (χ0v) is 14.4. The first-order valence-corrected chi connectivity index (χ1v) is 8.45. The van der Waals surface area contributed by atoms with E-state index in [1.165, 1.54) is 14.2 Å². The molecular weight excluding hydrogens is 324 g/mol. The van der Waals surface area contributed by atoms with Gasteiger partial charge in [-0.25, -0.2) is 9.59 Å². The average Bonchev–Trinajstić information content (AvgIpc) is 2.97. The third-order valence-electron chi connectivity index (χ3n) is 4.89. The van der Waals surface area contributed by atoms with Crippen LogP contribution in [0.5, 0.6) is 0 Å². The Kier molecular flexibility index (Phi) is 4.92. The van der Waals surface area contributed by atoms with Gasteiger partial charge in [0.05, 0.1) is 18.7 Å². The second-order valence-corrected chi connectivity index (χ2v) is 6.34. The fourth-order valence-corrected chi connectivity index (χ4v) is 3.60. The van der Waals surface area contributed by atoms with Crippen LogP contribution >= 0.6 is 0 Å². The van der Waals surface area contributed by atoms with E-state index < -0.39 is 12.1 Å². The largest absolute Gasteiger partial charge is 0.465 e. The van der Waals surface area contributed by atoms with Crippen molar-refractivity contribution >= 4 is 18.0 Å². The van der Waals surface area contributed by atoms with Gasteiger partial charge >= 0.3 is 12.1 Å². The van der Waals surface area contributed by atoms with Crippen LogP contribution in [0.4, 0.5) is 4.79 Å². The van der Waals surface area contributed by atoms with E-state index in [0.29, 0.717) is 17.7 Å². The average molecular weight is 346 g/mol. The number of nitrogens with zero attached hydrogens (tertiary/aromatic N) is 1. The minimum absolute atomic E-state index is 0.127. The van der Waals surface area contributed by atoms with Crippen LogP contribution < -0.4 is 5.32 Å². The van der Waals surface area contributed by atoms with Crippen LogP contribution in [0.2, 0.25) is 0 Å². The van der Waals surface area contributed by atoms with Gasteiger partial charge in [-0.15, -0.1) is 0 Å². The molecule has 2 amide bonds. The standard InChI is InChI=1S/C18H22N2O5/c1-19-18(23)25-15-6-4-3-5-14(15)20-10-12-8-7-11(17(22)24-2)9-13(12)16(20)21/h7-9,14-15H,3-6,10H2,1-2H3,(H,19,23)/t14-,15-/m1/s1. The van der Waals surface area contributed by atoms with Gasteiger partial charge in [0.2, 0.25) is 0 Å². The third-order valence-corrected chi connectivity index (χ3v) is 4.89. The van der Waals surface area contributed by atoms with Gasteiger partial charge in [-0.3, -0.25) is 4.79 Å². The van der Waals surface area contributed by atoms with Gasteiger partial charge in [0, 0.05) is 19.2 Å². The number of ether oxygens (including phenoxy) is 2. The van der Waals surface area contributed by atoms with Crippen LogP contribution in [0, 0.1) is 0 Å². The molecule has 25 heavy (non-hydrogen) atoms. The normalized spacial score (nSPS) is 22.3. The summed E-state index contributed by atoms with van der Waals surface area (Å²) in [6.07, 6.45) is 2.71. The molecule has 1 aliphatic heterocycles. The zero-order chi connectivity index (χ0) is 18.0. The molecule has 0 spiro atoms. The molecule has 1 aromatic carbocycles. The quantitative estimate of drug-likeness (QED) is 0.847. The van der Waals surface area contributed by atoms with Crippen LogP contribution in [0.1, 0.15) is 52.0 Å². The number of alkyl carbamates (subject to hydrolysis) is 1. The highest BCUT2D eigenvalue weighted by atomic mass is 16.6. The lowest BCUT2D eigenvalue weighted by Gasteiger charge is -2.37. The molecule has 3 rings (SSSR count). The predicted octanol–water partition coefficient (Wildman–Crippen LogP) is 2.10. The van der Waals surface area contributed by atoms with Gasteiger partial charge < -0.3 is 19.7 Å². The number of esters is 1. The van der Waals surface area contributed by atoms with Crippen molar-refractivity contribution in [2.24, 2.45) is 0 Å². The summed E-state index contributed by atoms with van der Waals surface area (Å²) in [7, 11) is 2.83. The van der Waals surface area contributed by atoms with Crippen molar-refractivity contribution < 1.29 is 23.9 Å². The number of hydrogen-bond acceptors (Lipinski definition) is 5. The molecule has 7 heteroatoms. The molecule has 134 valence electrons. The van der Waals surface area contributed by atoms with Crippen molar-refractivity contribution in [1.82, 2.24) is 10.2 Å². The molecule has 1 saturated carbocycles. The van der Waals surface area contributed by atoms with Gasteiger partial charge in [0.15, 0.2) is 0 Å². The minimum Gasteiger partial charge on any atom is -0.465 e. The van der Waals surface area contributed by atoms with Crippen LogP contribution in [0.3, 0.4) is 0 Å². The highest BCUT2D eigenvalue weighted by Crippen LogP contribution is 2.33. The first kappa shape index (κ1) is 17.3. The van der Waals surface area contributed by atoms with Crippen LogP contribution in [-0.4, -0.2) is 49.2 Å². The van der Waals surface area contributed by atoms with E-state index in [-0.39, 0.29) is 18.1 Å². The second kappa shape index (κ2) is 7.13. The number of hydrogen-bond donors (Lipinski definition) is 1. The molecule has 2 aliphatic rings. The highest BCUT2D eigenvalue weighted by molar-refractivity contribution is 6.01. The second-order valence-electron chi connectivity index (χ2n) is 6.34. The summed E-state index contributed by atoms with van der Waals surface area (Å²) >= 11 is 0. The van der Waals surface area contributed by atoms with Crippen LogP contribution in [-0.2, 0) is 16.0 Å². The Morgan fingerprint density at radius 2 is 2.00 bits per heavy atom. The summed E-state index contributed by atoms with van der Waals surface area (Å²) in [6, 6.07) is 4.89. The van der Waals surface area contributed by atoms with E-state index in [4.69, 9.17) is 9.47 Å². The van der Waals surface area contributed by atoms with Crippen LogP contribution in [0.25, 0.3) is 0 Å². The lowest BCUT2D eigenvalue weighted by Crippen LogP contribution is -2.48. The lowest BCUT2D eigenvalue weighted by atomic mass is 9.91. The van der Waals surface area contributed by atoms with Crippen molar-refractivity contribution in [3.8, 4) is 0 Å². The van der Waals surface area contributed by atoms with E-state index in [0.717, 1.165) is 31.2 Å². The first-order valence-electron chi connectivity index (χ1n) is 8.45. The van der Waals surface area contributed by atoms with Gasteiger partial charge in [-0.05, 0) is 37.0 Å². The van der Waals surface area contributed by atoms with Crippen molar-refractivity contribution in [3.05, 3.63) is 34.9 Å². The molecule has 7 nitrogen and oxygen atoms in total. The number of fused-ring (bicyclic) bond motifs is 1. The molecule has 1 heterocycles. The molecule has 0 unspecified atom stereocenters. The number of rotatable bonds is 3. The Labute approximate surface area is 146 Å². The Morgan fingerprint density at radius 1 is 1.24 bits per heavy atom. The minimum atomic E-state index is -0.478. The molecule has 0 radical (unpaired) electrons. The molecular formula is C18H22N2O5. The maximum Gasteiger partial charge on any atom is 0.407 e. The summed E-state index contributed by atoms with van der Waals surface area (Å²) < 4.78 is 10.2. The number of carbonyl (C=O) groups is 3. The predicted molar refractivity (Wildman–Crippen MR) is 89.2 cm³/mol. The van der Waals surface area contributed by atoms with E-state index in [2.05, 4.69) is 5.32 Å². The Hall–Kier alpha value is -2.57. The fourth-order valence-electron chi connectivity index (χ4n) is 3.60. The van der Waals surface area contributed by atoms with Gasteiger partial charge in [0.1, 0.15) is 6.10 Å². The maximum atomic E-state index is 12.9. The maximum absolute atomic E-state index is 12.9. The monoisotopic (exact) mass is 346 g/mol. The number of amides is 2. The first-order chi connectivity index (χ1) is 12.0. The van der Waals surface area contributed by atoms with Gasteiger partial charge in [0.25, 0.3) is 5.91 Å². The van der Waals surface area contributed by atoms with E-state index in [1.54, 1.807) is 23.1 Å². The number of nitrogens with one attached hydrogen (secondary N) is 1. The van der Waals surface area contributed by atoms with Crippen molar-refractivity contribution in [2.75, 3.05) is 14.2 Å². The molecule has 0 bridgehead atoms. The molecule has 1 aliphatic carbocycles. The van der Waals surface area contributed by atoms with Gasteiger partial charge in [-0.2, -0.15) is 0 Å². The fraction of sp³-hybridized carbons (Fsp3) is 0.500. The molecule has 0 saturated heterocycles. The van der Waals surface area contributed by atoms with E-state index >= 15 is 0 Å². The number of carbonyl (C=O) groups excluding carboxylic acids is 3.